The molecule has 2 atom stereocenters. The fraction of sp³-hybridized carbons (Fsp3) is 0.556. The minimum absolute atomic E-state index is 0.166. The van der Waals surface area contributed by atoms with E-state index in [9.17, 15) is 4.79 Å². The molecular weight excluding hydrogens is 180 g/mol. The van der Waals surface area contributed by atoms with Crippen LogP contribution in [0.25, 0.3) is 0 Å². The number of nitrogens with zero attached hydrogens (tertiary/aromatic N) is 1. The van der Waals surface area contributed by atoms with Crippen LogP contribution in [-0.2, 0) is 4.79 Å². The molecule has 0 saturated heterocycles. The van der Waals surface area contributed by atoms with E-state index in [0.29, 0.717) is 5.69 Å². The SMILES string of the molecule is CCC(C)C(N)C(=O)Nc1cn[nH]c1. The Morgan fingerprint density at radius 2 is 2.50 bits per heavy atom. The van der Waals surface area contributed by atoms with Gasteiger partial charge in [0, 0.05) is 6.20 Å². The second-order valence-electron chi connectivity index (χ2n) is 3.39. The van der Waals surface area contributed by atoms with Crippen LogP contribution < -0.4 is 11.1 Å². The van der Waals surface area contributed by atoms with Crippen molar-refractivity contribution in [2.45, 2.75) is 26.3 Å². The van der Waals surface area contributed by atoms with E-state index in [0.717, 1.165) is 6.42 Å². The molecule has 1 amide bonds. The van der Waals surface area contributed by atoms with E-state index in [2.05, 4.69) is 15.5 Å². The third-order valence-electron chi connectivity index (χ3n) is 2.33. The first-order chi connectivity index (χ1) is 6.65. The van der Waals surface area contributed by atoms with Crippen molar-refractivity contribution in [3.8, 4) is 0 Å². The average molecular weight is 196 g/mol. The first-order valence-electron chi connectivity index (χ1n) is 4.70. The van der Waals surface area contributed by atoms with E-state index < -0.39 is 6.04 Å². The molecule has 0 fully saturated rings. The summed E-state index contributed by atoms with van der Waals surface area (Å²) in [5, 5.41) is 9.01. The number of carbonyl (C=O) groups is 1. The summed E-state index contributed by atoms with van der Waals surface area (Å²) in [6.07, 6.45) is 4.04. The molecule has 78 valence electrons. The smallest absolute Gasteiger partial charge is 0.241 e. The monoisotopic (exact) mass is 196 g/mol. The number of nitrogens with one attached hydrogen (secondary N) is 2. The van der Waals surface area contributed by atoms with Crippen molar-refractivity contribution in [2.24, 2.45) is 11.7 Å². The van der Waals surface area contributed by atoms with Gasteiger partial charge in [-0.1, -0.05) is 20.3 Å². The highest BCUT2D eigenvalue weighted by Crippen LogP contribution is 2.08. The fourth-order valence-corrected chi connectivity index (χ4v) is 1.06. The topological polar surface area (TPSA) is 83.8 Å². The number of carbonyl (C=O) groups excluding carboxylic acids is 1. The normalized spacial score (nSPS) is 14.8. The molecule has 0 aromatic carbocycles. The third-order valence-corrected chi connectivity index (χ3v) is 2.33. The van der Waals surface area contributed by atoms with Crippen LogP contribution in [0.1, 0.15) is 20.3 Å². The van der Waals surface area contributed by atoms with Crippen LogP contribution in [0, 0.1) is 5.92 Å². The lowest BCUT2D eigenvalue weighted by Crippen LogP contribution is -2.40. The summed E-state index contributed by atoms with van der Waals surface area (Å²) in [7, 11) is 0. The molecule has 1 aromatic heterocycles. The van der Waals surface area contributed by atoms with Crippen molar-refractivity contribution in [3.05, 3.63) is 12.4 Å². The molecule has 4 N–H and O–H groups in total. The lowest BCUT2D eigenvalue weighted by molar-refractivity contribution is -0.118. The first kappa shape index (κ1) is 10.7. The van der Waals surface area contributed by atoms with E-state index >= 15 is 0 Å². The van der Waals surface area contributed by atoms with Crippen molar-refractivity contribution in [1.82, 2.24) is 10.2 Å². The van der Waals surface area contributed by atoms with Crippen molar-refractivity contribution in [3.63, 3.8) is 0 Å². The van der Waals surface area contributed by atoms with Crippen molar-refractivity contribution >= 4 is 11.6 Å². The van der Waals surface area contributed by atoms with Gasteiger partial charge in [-0.2, -0.15) is 5.10 Å². The number of H-pyrrole nitrogens is 1. The lowest BCUT2D eigenvalue weighted by atomic mass is 9.99. The Labute approximate surface area is 83.1 Å². The zero-order valence-corrected chi connectivity index (χ0v) is 8.45. The van der Waals surface area contributed by atoms with Crippen LogP contribution in [-0.4, -0.2) is 22.1 Å². The molecule has 0 radical (unpaired) electrons. The summed E-state index contributed by atoms with van der Waals surface area (Å²) < 4.78 is 0. The Kier molecular flexibility index (Phi) is 3.64. The molecule has 5 heteroatoms. The summed E-state index contributed by atoms with van der Waals surface area (Å²) in [4.78, 5) is 11.5. The maximum Gasteiger partial charge on any atom is 0.241 e. The second kappa shape index (κ2) is 4.76. The predicted octanol–water partition coefficient (Wildman–Crippen LogP) is 0.722. The molecule has 0 bridgehead atoms. The number of amides is 1. The van der Waals surface area contributed by atoms with Gasteiger partial charge in [0.25, 0.3) is 0 Å². The molecule has 0 aliphatic carbocycles. The standard InChI is InChI=1S/C9H16N4O/c1-3-6(2)8(10)9(14)13-7-4-11-12-5-7/h4-6,8H,3,10H2,1-2H3,(H,11,12)(H,13,14). The van der Waals surface area contributed by atoms with Gasteiger partial charge in [-0.3, -0.25) is 9.89 Å². The Hall–Kier alpha value is -1.36. The van der Waals surface area contributed by atoms with Crippen LogP contribution in [0.15, 0.2) is 12.4 Å². The number of aromatic amines is 1. The van der Waals surface area contributed by atoms with E-state index in [4.69, 9.17) is 5.73 Å². The molecule has 0 saturated carbocycles. The molecule has 1 heterocycles. The fourth-order valence-electron chi connectivity index (χ4n) is 1.06. The Bertz CT molecular complexity index is 283. The van der Waals surface area contributed by atoms with Gasteiger partial charge in [0.05, 0.1) is 17.9 Å². The summed E-state index contributed by atoms with van der Waals surface area (Å²) >= 11 is 0. The zero-order chi connectivity index (χ0) is 10.6. The largest absolute Gasteiger partial charge is 0.322 e. The van der Waals surface area contributed by atoms with E-state index in [1.54, 1.807) is 12.4 Å². The van der Waals surface area contributed by atoms with Crippen LogP contribution in [0.4, 0.5) is 5.69 Å². The van der Waals surface area contributed by atoms with Crippen LogP contribution in [0.2, 0.25) is 0 Å². The zero-order valence-electron chi connectivity index (χ0n) is 8.45. The van der Waals surface area contributed by atoms with Crippen LogP contribution in [0.5, 0.6) is 0 Å². The van der Waals surface area contributed by atoms with E-state index in [1.807, 2.05) is 13.8 Å². The summed E-state index contributed by atoms with van der Waals surface area (Å²) in [6, 6.07) is -0.463. The molecule has 2 unspecified atom stereocenters. The quantitative estimate of drug-likeness (QED) is 0.663. The Balaban J connectivity index is 2.50. The summed E-state index contributed by atoms with van der Waals surface area (Å²) in [6.45, 7) is 3.97. The number of aromatic nitrogens is 2. The lowest BCUT2D eigenvalue weighted by Gasteiger charge is -2.16. The summed E-state index contributed by atoms with van der Waals surface area (Å²) in [5.41, 5.74) is 6.39. The van der Waals surface area contributed by atoms with Crippen molar-refractivity contribution < 1.29 is 4.79 Å². The van der Waals surface area contributed by atoms with Gasteiger partial charge in [-0.15, -0.1) is 0 Å². The van der Waals surface area contributed by atoms with Crippen LogP contribution in [0.3, 0.4) is 0 Å². The highest BCUT2D eigenvalue weighted by molar-refractivity contribution is 5.94. The number of hydrogen-bond acceptors (Lipinski definition) is 3. The number of nitrogens with two attached hydrogens (primary N) is 1. The van der Waals surface area contributed by atoms with Crippen molar-refractivity contribution in [1.29, 1.82) is 0 Å². The molecule has 0 aliphatic heterocycles. The molecule has 1 aromatic rings. The minimum atomic E-state index is -0.463. The van der Waals surface area contributed by atoms with Crippen LogP contribution >= 0.6 is 0 Å². The molecule has 1 rings (SSSR count). The van der Waals surface area contributed by atoms with Gasteiger partial charge in [-0.05, 0) is 5.92 Å². The predicted molar refractivity (Wildman–Crippen MR) is 54.6 cm³/mol. The average Bonchev–Trinajstić information content (AvgIpc) is 2.68. The van der Waals surface area contributed by atoms with Gasteiger partial charge in [0.15, 0.2) is 0 Å². The van der Waals surface area contributed by atoms with Gasteiger partial charge in [-0.25, -0.2) is 0 Å². The molecule has 0 aliphatic rings. The van der Waals surface area contributed by atoms with Gasteiger partial charge in [0.2, 0.25) is 5.91 Å². The summed E-state index contributed by atoms with van der Waals surface area (Å²) in [5.74, 6) is 0.0163. The van der Waals surface area contributed by atoms with Gasteiger partial charge < -0.3 is 11.1 Å². The highest BCUT2D eigenvalue weighted by Gasteiger charge is 2.19. The Morgan fingerprint density at radius 3 is 3.00 bits per heavy atom. The van der Waals surface area contributed by atoms with Gasteiger partial charge in [0.1, 0.15) is 0 Å². The third kappa shape index (κ3) is 2.56. The molecule has 0 spiro atoms. The van der Waals surface area contributed by atoms with Gasteiger partial charge >= 0.3 is 0 Å². The number of rotatable bonds is 4. The maximum atomic E-state index is 11.5. The van der Waals surface area contributed by atoms with E-state index in [-0.39, 0.29) is 11.8 Å². The molecular formula is C9H16N4O. The van der Waals surface area contributed by atoms with E-state index in [1.165, 1.54) is 0 Å². The molecule has 5 nitrogen and oxygen atoms in total. The maximum absolute atomic E-state index is 11.5. The Morgan fingerprint density at radius 1 is 1.79 bits per heavy atom. The number of hydrogen-bond donors (Lipinski definition) is 3. The van der Waals surface area contributed by atoms with Crippen molar-refractivity contribution in [2.75, 3.05) is 5.32 Å². The highest BCUT2D eigenvalue weighted by atomic mass is 16.2. The minimum Gasteiger partial charge on any atom is -0.322 e. The molecule has 14 heavy (non-hydrogen) atoms. The number of anilines is 1. The second-order valence-corrected chi connectivity index (χ2v) is 3.39. The first-order valence-corrected chi connectivity index (χ1v) is 4.70.